The van der Waals surface area contributed by atoms with Crippen molar-refractivity contribution in [1.29, 1.82) is 0 Å². The van der Waals surface area contributed by atoms with Crippen molar-refractivity contribution in [3.05, 3.63) is 0 Å². The Bertz CT molecular complexity index is 243. The molecule has 0 aromatic carbocycles. The molecule has 6 heteroatoms. The summed E-state index contributed by atoms with van der Waals surface area (Å²) in [5.74, 6) is -1.68. The van der Waals surface area contributed by atoms with Crippen LogP contribution >= 0.6 is 0 Å². The van der Waals surface area contributed by atoms with E-state index in [4.69, 9.17) is 10.2 Å². The van der Waals surface area contributed by atoms with Crippen LogP contribution in [0.3, 0.4) is 0 Å². The van der Waals surface area contributed by atoms with Crippen LogP contribution in [0.5, 0.6) is 0 Å². The van der Waals surface area contributed by atoms with Crippen LogP contribution in [0.2, 0.25) is 0 Å². The summed E-state index contributed by atoms with van der Waals surface area (Å²) in [5.41, 5.74) is 0. The van der Waals surface area contributed by atoms with Crippen molar-refractivity contribution in [3.8, 4) is 0 Å². The first-order chi connectivity index (χ1) is 7.38. The van der Waals surface area contributed by atoms with Crippen molar-refractivity contribution in [2.24, 2.45) is 0 Å². The van der Waals surface area contributed by atoms with Gasteiger partial charge in [0, 0.05) is 6.04 Å². The summed E-state index contributed by atoms with van der Waals surface area (Å²) in [6.45, 7) is 5.27. The third-order valence-electron chi connectivity index (χ3n) is 2.29. The lowest BCUT2D eigenvalue weighted by atomic mass is 10.2. The lowest BCUT2D eigenvalue weighted by Gasteiger charge is -2.18. The number of amides is 1. The lowest BCUT2D eigenvalue weighted by Crippen LogP contribution is -2.50. The van der Waals surface area contributed by atoms with Crippen LogP contribution in [-0.4, -0.2) is 46.8 Å². The third kappa shape index (κ3) is 5.67. The SMILES string of the molecule is CCC(C)NCC(=O)NC(C(=O)O)C(C)O. The number of aliphatic carboxylic acids is 1. The number of carboxylic acid groups (broad SMARTS) is 1. The number of aliphatic hydroxyl groups is 1. The van der Waals surface area contributed by atoms with Gasteiger partial charge in [-0.05, 0) is 20.3 Å². The quantitative estimate of drug-likeness (QED) is 0.466. The van der Waals surface area contributed by atoms with Crippen LogP contribution in [0.1, 0.15) is 27.2 Å². The largest absolute Gasteiger partial charge is 0.480 e. The first-order valence-corrected chi connectivity index (χ1v) is 5.32. The Morgan fingerprint density at radius 1 is 1.31 bits per heavy atom. The molecule has 3 unspecified atom stereocenters. The first-order valence-electron chi connectivity index (χ1n) is 5.32. The van der Waals surface area contributed by atoms with Gasteiger partial charge in [-0.15, -0.1) is 0 Å². The van der Waals surface area contributed by atoms with E-state index in [0.29, 0.717) is 0 Å². The molecule has 0 fully saturated rings. The lowest BCUT2D eigenvalue weighted by molar-refractivity contribution is -0.144. The summed E-state index contributed by atoms with van der Waals surface area (Å²) in [7, 11) is 0. The number of carbonyl (C=O) groups excluding carboxylic acids is 1. The predicted octanol–water partition coefficient (Wildman–Crippen LogP) is -0.675. The maximum atomic E-state index is 11.3. The van der Waals surface area contributed by atoms with Gasteiger partial charge in [0.25, 0.3) is 0 Å². The fraction of sp³-hybridized carbons (Fsp3) is 0.800. The number of rotatable bonds is 7. The standard InChI is InChI=1S/C10H20N2O4/c1-4-6(2)11-5-8(14)12-9(7(3)13)10(15)16/h6-7,9,11,13H,4-5H2,1-3H3,(H,12,14)(H,15,16). The van der Waals surface area contributed by atoms with E-state index in [2.05, 4.69) is 10.6 Å². The molecule has 0 aliphatic carbocycles. The van der Waals surface area contributed by atoms with Crippen LogP contribution in [-0.2, 0) is 9.59 Å². The molecular formula is C10H20N2O4. The molecule has 0 aromatic rings. The summed E-state index contributed by atoms with van der Waals surface area (Å²) in [6, 6.07) is -1.06. The van der Waals surface area contributed by atoms with E-state index in [1.807, 2.05) is 13.8 Å². The van der Waals surface area contributed by atoms with Crippen molar-refractivity contribution in [3.63, 3.8) is 0 Å². The summed E-state index contributed by atoms with van der Waals surface area (Å²) in [5, 5.41) is 23.0. The molecule has 0 heterocycles. The highest BCUT2D eigenvalue weighted by Crippen LogP contribution is 1.93. The Balaban J connectivity index is 4.06. The van der Waals surface area contributed by atoms with E-state index in [0.717, 1.165) is 6.42 Å². The molecule has 6 nitrogen and oxygen atoms in total. The van der Waals surface area contributed by atoms with E-state index in [1.54, 1.807) is 0 Å². The van der Waals surface area contributed by atoms with Crippen molar-refractivity contribution in [1.82, 2.24) is 10.6 Å². The number of carboxylic acids is 1. The smallest absolute Gasteiger partial charge is 0.328 e. The van der Waals surface area contributed by atoms with Crippen LogP contribution in [0.4, 0.5) is 0 Å². The highest BCUT2D eigenvalue weighted by molar-refractivity contribution is 5.85. The maximum absolute atomic E-state index is 11.3. The monoisotopic (exact) mass is 232 g/mol. The summed E-state index contributed by atoms with van der Waals surface area (Å²) in [6.07, 6.45) is -0.239. The highest BCUT2D eigenvalue weighted by Gasteiger charge is 2.24. The minimum Gasteiger partial charge on any atom is -0.480 e. The summed E-state index contributed by atoms with van der Waals surface area (Å²) < 4.78 is 0. The molecule has 4 N–H and O–H groups in total. The Labute approximate surface area is 95.0 Å². The summed E-state index contributed by atoms with van der Waals surface area (Å²) in [4.78, 5) is 22.0. The first kappa shape index (κ1) is 14.9. The fourth-order valence-corrected chi connectivity index (χ4v) is 1.02. The number of hydrogen-bond donors (Lipinski definition) is 4. The van der Waals surface area contributed by atoms with E-state index in [-0.39, 0.29) is 12.6 Å². The number of carbonyl (C=O) groups is 2. The third-order valence-corrected chi connectivity index (χ3v) is 2.29. The van der Waals surface area contributed by atoms with Gasteiger partial charge in [-0.3, -0.25) is 4.79 Å². The van der Waals surface area contributed by atoms with Gasteiger partial charge in [0.15, 0.2) is 6.04 Å². The molecule has 0 radical (unpaired) electrons. The molecule has 1 amide bonds. The maximum Gasteiger partial charge on any atom is 0.328 e. The number of hydrogen-bond acceptors (Lipinski definition) is 4. The molecule has 0 bridgehead atoms. The average Bonchev–Trinajstić information content (AvgIpc) is 2.21. The highest BCUT2D eigenvalue weighted by atomic mass is 16.4. The van der Waals surface area contributed by atoms with Crippen molar-refractivity contribution in [2.75, 3.05) is 6.54 Å². The van der Waals surface area contributed by atoms with Crippen molar-refractivity contribution >= 4 is 11.9 Å². The second-order valence-corrected chi connectivity index (χ2v) is 3.81. The van der Waals surface area contributed by atoms with Gasteiger partial charge in [0.2, 0.25) is 5.91 Å². The minimum atomic E-state index is -1.26. The Hall–Kier alpha value is -1.14. The Kier molecular flexibility index (Phi) is 6.67. The molecule has 0 aliphatic rings. The second kappa shape index (κ2) is 7.19. The molecular weight excluding hydrogens is 212 g/mol. The fourth-order valence-electron chi connectivity index (χ4n) is 1.02. The normalized spacial score (nSPS) is 16.2. The second-order valence-electron chi connectivity index (χ2n) is 3.81. The average molecular weight is 232 g/mol. The minimum absolute atomic E-state index is 0.0471. The molecule has 94 valence electrons. The van der Waals surface area contributed by atoms with Crippen molar-refractivity contribution in [2.45, 2.75) is 45.4 Å². The molecule has 0 saturated heterocycles. The van der Waals surface area contributed by atoms with Crippen LogP contribution in [0.25, 0.3) is 0 Å². The molecule has 0 rings (SSSR count). The van der Waals surface area contributed by atoms with Gasteiger partial charge in [-0.2, -0.15) is 0 Å². The predicted molar refractivity (Wildman–Crippen MR) is 59.0 cm³/mol. The van der Waals surface area contributed by atoms with Crippen LogP contribution in [0, 0.1) is 0 Å². The zero-order valence-corrected chi connectivity index (χ0v) is 9.86. The van der Waals surface area contributed by atoms with Gasteiger partial charge >= 0.3 is 5.97 Å². The molecule has 3 atom stereocenters. The van der Waals surface area contributed by atoms with Gasteiger partial charge in [-0.25, -0.2) is 4.79 Å². The zero-order chi connectivity index (χ0) is 12.7. The van der Waals surface area contributed by atoms with E-state index in [9.17, 15) is 9.59 Å². The van der Waals surface area contributed by atoms with Gasteiger partial charge in [0.05, 0.1) is 12.6 Å². The Morgan fingerprint density at radius 2 is 1.88 bits per heavy atom. The molecule has 0 aliphatic heterocycles. The van der Waals surface area contributed by atoms with Gasteiger partial charge in [0.1, 0.15) is 0 Å². The number of nitrogens with one attached hydrogen (secondary N) is 2. The molecule has 0 aromatic heterocycles. The molecule has 0 spiro atoms. The molecule has 0 saturated carbocycles. The van der Waals surface area contributed by atoms with E-state index < -0.39 is 24.0 Å². The molecule has 16 heavy (non-hydrogen) atoms. The number of aliphatic hydroxyl groups excluding tert-OH is 1. The zero-order valence-electron chi connectivity index (χ0n) is 9.86. The van der Waals surface area contributed by atoms with Gasteiger partial charge in [-0.1, -0.05) is 6.92 Å². The Morgan fingerprint density at radius 3 is 2.25 bits per heavy atom. The van der Waals surface area contributed by atoms with Crippen molar-refractivity contribution < 1.29 is 19.8 Å². The van der Waals surface area contributed by atoms with E-state index >= 15 is 0 Å². The van der Waals surface area contributed by atoms with Gasteiger partial charge < -0.3 is 20.8 Å². The van der Waals surface area contributed by atoms with Crippen LogP contribution in [0.15, 0.2) is 0 Å². The van der Waals surface area contributed by atoms with Crippen LogP contribution < -0.4 is 10.6 Å². The topological polar surface area (TPSA) is 98.7 Å². The summed E-state index contributed by atoms with van der Waals surface area (Å²) >= 11 is 0. The van der Waals surface area contributed by atoms with E-state index in [1.165, 1.54) is 6.92 Å².